The van der Waals surface area contributed by atoms with E-state index in [1.165, 1.54) is 31.8 Å². The van der Waals surface area contributed by atoms with Crippen molar-refractivity contribution < 1.29 is 0 Å². The van der Waals surface area contributed by atoms with Gasteiger partial charge in [0.15, 0.2) is 14.8 Å². The molecule has 0 aliphatic carbocycles. The summed E-state index contributed by atoms with van der Waals surface area (Å²) in [6.07, 6.45) is 4.62. The summed E-state index contributed by atoms with van der Waals surface area (Å²) in [5.41, 5.74) is 0. The molecule has 4 heteroatoms. The summed E-state index contributed by atoms with van der Waals surface area (Å²) >= 11 is 0. The quantitative estimate of drug-likeness (QED) is 0.152. The molecule has 0 saturated carbocycles. The fourth-order valence-electron chi connectivity index (χ4n) is 7.74. The maximum Gasteiger partial charge on any atom is 0.181 e. The molecule has 6 aromatic carbocycles. The van der Waals surface area contributed by atoms with Crippen LogP contribution in [0.4, 0.5) is 0 Å². The van der Waals surface area contributed by atoms with Gasteiger partial charge in [-0.05, 0) is 98.5 Å². The Morgan fingerprint density at radius 2 is 0.417 bits per heavy atom. The molecule has 1 aliphatic heterocycles. The van der Waals surface area contributed by atoms with Gasteiger partial charge < -0.3 is 0 Å². The summed E-state index contributed by atoms with van der Waals surface area (Å²) < 4.78 is 5.83. The molecule has 0 bridgehead atoms. The Labute approximate surface area is 288 Å². The normalized spacial score (nSPS) is 15.5. The van der Waals surface area contributed by atoms with Crippen LogP contribution < -0.4 is 31.8 Å². The number of benzene rings is 6. The zero-order valence-electron chi connectivity index (χ0n) is 27.8. The lowest BCUT2D eigenvalue weighted by atomic mass is 10.2. The molecule has 48 heavy (non-hydrogen) atoms. The third kappa shape index (κ3) is 6.32. The van der Waals surface area contributed by atoms with Gasteiger partial charge in [0.05, 0.1) is 0 Å². The summed E-state index contributed by atoms with van der Waals surface area (Å²) in [6, 6.07) is 68.3. The molecule has 0 radical (unpaired) electrons. The van der Waals surface area contributed by atoms with E-state index in [0.29, 0.717) is 0 Å². The van der Waals surface area contributed by atoms with Crippen LogP contribution in [0.3, 0.4) is 0 Å². The minimum absolute atomic E-state index is 1.08. The van der Waals surface area contributed by atoms with Gasteiger partial charge in [0.25, 0.3) is 0 Å². The SMILES string of the molecule is c1ccc([P+](c2ccccc2)(c2ccccc2)N2CCCCN([P+](c3ccccc3)(c3ccccc3)c3ccccc3)CCCC2)cc1. The van der Waals surface area contributed by atoms with Gasteiger partial charge in [-0.15, -0.1) is 0 Å². The van der Waals surface area contributed by atoms with E-state index in [1.54, 1.807) is 0 Å². The van der Waals surface area contributed by atoms with E-state index in [9.17, 15) is 0 Å². The summed E-state index contributed by atoms with van der Waals surface area (Å²) in [5, 5.41) is 8.68. The maximum absolute atomic E-state index is 2.91. The lowest BCUT2D eigenvalue weighted by Crippen LogP contribution is -2.46. The first-order valence-electron chi connectivity index (χ1n) is 17.5. The monoisotopic (exact) mass is 664 g/mol. The molecule has 240 valence electrons. The zero-order valence-corrected chi connectivity index (χ0v) is 29.6. The molecule has 1 saturated heterocycles. The molecule has 1 aliphatic rings. The molecule has 0 amide bonds. The lowest BCUT2D eigenvalue weighted by molar-refractivity contribution is 0.355. The van der Waals surface area contributed by atoms with Gasteiger partial charge in [0, 0.05) is 26.2 Å². The van der Waals surface area contributed by atoms with Crippen molar-refractivity contribution in [2.45, 2.75) is 25.7 Å². The first-order chi connectivity index (χ1) is 23.8. The van der Waals surface area contributed by atoms with Crippen molar-refractivity contribution in [3.8, 4) is 0 Å². The Kier molecular flexibility index (Phi) is 10.6. The van der Waals surface area contributed by atoms with E-state index in [2.05, 4.69) is 191 Å². The van der Waals surface area contributed by atoms with Crippen molar-refractivity contribution in [2.75, 3.05) is 26.2 Å². The van der Waals surface area contributed by atoms with Gasteiger partial charge in [0.1, 0.15) is 31.8 Å². The average Bonchev–Trinajstić information content (AvgIpc) is 3.18. The van der Waals surface area contributed by atoms with E-state index < -0.39 is 14.8 Å². The molecule has 0 atom stereocenters. The number of hydrogen-bond donors (Lipinski definition) is 0. The van der Waals surface area contributed by atoms with E-state index in [-0.39, 0.29) is 0 Å². The van der Waals surface area contributed by atoms with E-state index in [1.807, 2.05) is 0 Å². The van der Waals surface area contributed by atoms with Crippen LogP contribution in [0.5, 0.6) is 0 Å². The molecule has 7 rings (SSSR count). The highest BCUT2D eigenvalue weighted by molar-refractivity contribution is 7.94. The Morgan fingerprint density at radius 3 is 0.583 bits per heavy atom. The predicted molar refractivity (Wildman–Crippen MR) is 212 cm³/mol. The molecular formula is C44H46N2P2+2. The highest BCUT2D eigenvalue weighted by atomic mass is 31.2. The maximum atomic E-state index is 2.91. The van der Waals surface area contributed by atoms with E-state index in [0.717, 1.165) is 51.9 Å². The molecule has 6 aromatic rings. The van der Waals surface area contributed by atoms with Crippen LogP contribution in [-0.2, 0) is 0 Å². The Bertz CT molecular complexity index is 1470. The average molecular weight is 665 g/mol. The van der Waals surface area contributed by atoms with Crippen molar-refractivity contribution >= 4 is 46.7 Å². The Hall–Kier alpha value is -3.90. The molecule has 0 aromatic heterocycles. The summed E-state index contributed by atoms with van der Waals surface area (Å²) in [4.78, 5) is 0. The third-order valence-electron chi connectivity index (χ3n) is 9.79. The van der Waals surface area contributed by atoms with Crippen LogP contribution in [0.15, 0.2) is 182 Å². The van der Waals surface area contributed by atoms with Crippen molar-refractivity contribution in [3.05, 3.63) is 182 Å². The topological polar surface area (TPSA) is 6.48 Å². The Balaban J connectivity index is 1.28. The summed E-state index contributed by atoms with van der Waals surface area (Å²) in [7, 11) is -4.15. The fourth-order valence-corrected chi connectivity index (χ4v) is 16.9. The summed E-state index contributed by atoms with van der Waals surface area (Å²) in [6.45, 7) is 4.31. The highest BCUT2D eigenvalue weighted by Gasteiger charge is 2.53. The zero-order chi connectivity index (χ0) is 32.5. The third-order valence-corrected chi connectivity index (χ3v) is 18.6. The van der Waals surface area contributed by atoms with Crippen LogP contribution in [-0.4, -0.2) is 35.5 Å². The van der Waals surface area contributed by atoms with Gasteiger partial charge in [-0.2, -0.15) is 9.34 Å². The van der Waals surface area contributed by atoms with Crippen LogP contribution in [0.1, 0.15) is 25.7 Å². The van der Waals surface area contributed by atoms with E-state index in [4.69, 9.17) is 0 Å². The van der Waals surface area contributed by atoms with Gasteiger partial charge in [0.2, 0.25) is 0 Å². The first kappa shape index (κ1) is 32.6. The predicted octanol–water partition coefficient (Wildman–Crippen LogP) is 7.98. The first-order valence-corrected chi connectivity index (χ1v) is 21.0. The van der Waals surface area contributed by atoms with Gasteiger partial charge in [-0.1, -0.05) is 109 Å². The minimum Gasteiger partial charge on any atom is -0.166 e. The van der Waals surface area contributed by atoms with Crippen molar-refractivity contribution in [1.29, 1.82) is 0 Å². The van der Waals surface area contributed by atoms with Crippen LogP contribution in [0.25, 0.3) is 0 Å². The van der Waals surface area contributed by atoms with Crippen LogP contribution >= 0.6 is 14.8 Å². The van der Waals surface area contributed by atoms with Crippen molar-refractivity contribution in [1.82, 2.24) is 9.34 Å². The standard InChI is InChI=1S/C44H46N2P2/c1-7-23-39(24-8-1)47(40-25-9-2-10-26-40,41-27-11-3-12-28-41)45-35-19-21-37-46(38-22-20-36-45)48(42-29-13-4-14-30-42,43-31-15-5-16-32-43)44-33-17-6-18-34-44/h1-18,23-34H,19-22,35-38H2/q+2. The number of nitrogens with zero attached hydrogens (tertiary/aromatic N) is 2. The van der Waals surface area contributed by atoms with Crippen LogP contribution in [0, 0.1) is 0 Å². The van der Waals surface area contributed by atoms with Crippen molar-refractivity contribution in [2.24, 2.45) is 0 Å². The van der Waals surface area contributed by atoms with E-state index >= 15 is 0 Å². The molecule has 0 N–H and O–H groups in total. The molecule has 1 heterocycles. The second kappa shape index (κ2) is 15.5. The molecule has 2 nitrogen and oxygen atoms in total. The van der Waals surface area contributed by atoms with Gasteiger partial charge in [-0.3, -0.25) is 0 Å². The molecule has 0 unspecified atom stereocenters. The number of hydrogen-bond acceptors (Lipinski definition) is 2. The second-order valence-electron chi connectivity index (χ2n) is 12.6. The van der Waals surface area contributed by atoms with Gasteiger partial charge >= 0.3 is 0 Å². The lowest BCUT2D eigenvalue weighted by Gasteiger charge is -2.39. The van der Waals surface area contributed by atoms with Gasteiger partial charge in [-0.25, -0.2) is 0 Å². The largest absolute Gasteiger partial charge is 0.181 e. The van der Waals surface area contributed by atoms with Crippen molar-refractivity contribution in [3.63, 3.8) is 0 Å². The number of rotatable bonds is 8. The summed E-state index contributed by atoms with van der Waals surface area (Å²) in [5.74, 6) is 0. The smallest absolute Gasteiger partial charge is 0.166 e. The molecular weight excluding hydrogens is 618 g/mol. The molecule has 0 spiro atoms. The second-order valence-corrected chi connectivity index (χ2v) is 19.4. The Morgan fingerprint density at radius 1 is 0.250 bits per heavy atom. The molecule has 1 fully saturated rings. The minimum atomic E-state index is -2.07. The fraction of sp³-hybridized carbons (Fsp3) is 0.182. The van der Waals surface area contributed by atoms with Crippen LogP contribution in [0.2, 0.25) is 0 Å². The highest BCUT2D eigenvalue weighted by Crippen LogP contribution is 2.60.